The number of nitrogens with zero attached hydrogens (tertiary/aromatic N) is 3. The second kappa shape index (κ2) is 7.35. The van der Waals surface area contributed by atoms with E-state index >= 15 is 0 Å². The SMILES string of the molecule is C[C@@H]1CC(=O)Nc2ccccc2N1C(=O)CN(C)C(=O)c1ccncc1. The number of benzene rings is 1. The van der Waals surface area contributed by atoms with Gasteiger partial charge in [-0.2, -0.15) is 0 Å². The summed E-state index contributed by atoms with van der Waals surface area (Å²) in [6, 6.07) is 10.1. The fourth-order valence-electron chi connectivity index (χ4n) is 3.03. The predicted molar refractivity (Wildman–Crippen MR) is 97.8 cm³/mol. The summed E-state index contributed by atoms with van der Waals surface area (Å²) < 4.78 is 0. The van der Waals surface area contributed by atoms with Crippen LogP contribution >= 0.6 is 0 Å². The number of carbonyl (C=O) groups excluding carboxylic acids is 3. The number of amides is 3. The molecular weight excluding hydrogens is 332 g/mol. The smallest absolute Gasteiger partial charge is 0.254 e. The molecule has 0 radical (unpaired) electrons. The van der Waals surface area contributed by atoms with Crippen LogP contribution in [0.5, 0.6) is 0 Å². The van der Waals surface area contributed by atoms with Crippen LogP contribution in [0.3, 0.4) is 0 Å². The maximum atomic E-state index is 13.0. The van der Waals surface area contributed by atoms with Gasteiger partial charge in [0.1, 0.15) is 6.54 Å². The molecule has 3 rings (SSSR count). The highest BCUT2D eigenvalue weighted by molar-refractivity contribution is 6.06. The summed E-state index contributed by atoms with van der Waals surface area (Å²) in [5.74, 6) is -0.640. The molecule has 0 unspecified atom stereocenters. The third-order valence-electron chi connectivity index (χ3n) is 4.27. The first-order valence-electron chi connectivity index (χ1n) is 8.34. The van der Waals surface area contributed by atoms with E-state index in [1.807, 2.05) is 13.0 Å². The molecule has 0 fully saturated rings. The van der Waals surface area contributed by atoms with Crippen molar-refractivity contribution in [1.82, 2.24) is 9.88 Å². The van der Waals surface area contributed by atoms with Crippen LogP contribution in [-0.2, 0) is 9.59 Å². The highest BCUT2D eigenvalue weighted by Crippen LogP contribution is 2.31. The van der Waals surface area contributed by atoms with Crippen LogP contribution < -0.4 is 10.2 Å². The van der Waals surface area contributed by atoms with Crippen LogP contribution in [0.2, 0.25) is 0 Å². The molecule has 0 saturated heterocycles. The molecule has 0 aliphatic carbocycles. The van der Waals surface area contributed by atoms with E-state index in [0.29, 0.717) is 16.9 Å². The summed E-state index contributed by atoms with van der Waals surface area (Å²) in [5.41, 5.74) is 1.70. The number of likely N-dealkylation sites (N-methyl/N-ethyl adjacent to an activating group) is 1. The quantitative estimate of drug-likeness (QED) is 0.915. The normalized spacial score (nSPS) is 16.3. The number of fused-ring (bicyclic) bond motifs is 1. The fraction of sp³-hybridized carbons (Fsp3) is 0.263. The van der Waals surface area contributed by atoms with E-state index in [-0.39, 0.29) is 36.7 Å². The van der Waals surface area contributed by atoms with Crippen molar-refractivity contribution >= 4 is 29.1 Å². The Hall–Kier alpha value is -3.22. The minimum absolute atomic E-state index is 0.0893. The minimum atomic E-state index is -0.310. The van der Waals surface area contributed by atoms with E-state index in [1.54, 1.807) is 42.3 Å². The van der Waals surface area contributed by atoms with Gasteiger partial charge in [-0.15, -0.1) is 0 Å². The van der Waals surface area contributed by atoms with Gasteiger partial charge in [-0.05, 0) is 31.2 Å². The molecule has 2 heterocycles. The zero-order valence-corrected chi connectivity index (χ0v) is 14.7. The Morgan fingerprint density at radius 1 is 1.23 bits per heavy atom. The predicted octanol–water partition coefficient (Wildman–Crippen LogP) is 1.92. The van der Waals surface area contributed by atoms with Crippen LogP contribution in [-0.4, -0.2) is 47.2 Å². The van der Waals surface area contributed by atoms with Crippen molar-refractivity contribution in [1.29, 1.82) is 0 Å². The fourth-order valence-corrected chi connectivity index (χ4v) is 3.03. The molecule has 7 nitrogen and oxygen atoms in total. The van der Waals surface area contributed by atoms with Crippen molar-refractivity contribution in [3.63, 3.8) is 0 Å². The molecule has 1 N–H and O–H groups in total. The number of aromatic nitrogens is 1. The van der Waals surface area contributed by atoms with Gasteiger partial charge in [-0.3, -0.25) is 19.4 Å². The maximum absolute atomic E-state index is 13.0. The Kier molecular flexibility index (Phi) is 4.97. The van der Waals surface area contributed by atoms with Gasteiger partial charge in [0.2, 0.25) is 11.8 Å². The summed E-state index contributed by atoms with van der Waals surface area (Å²) in [6.07, 6.45) is 3.27. The lowest BCUT2D eigenvalue weighted by atomic mass is 10.1. The first-order valence-corrected chi connectivity index (χ1v) is 8.34. The molecule has 134 valence electrons. The molecule has 1 aromatic heterocycles. The van der Waals surface area contributed by atoms with Crippen LogP contribution in [0, 0.1) is 0 Å². The highest BCUT2D eigenvalue weighted by Gasteiger charge is 2.30. The monoisotopic (exact) mass is 352 g/mol. The van der Waals surface area contributed by atoms with E-state index < -0.39 is 0 Å². The second-order valence-corrected chi connectivity index (χ2v) is 6.28. The summed E-state index contributed by atoms with van der Waals surface area (Å²) in [7, 11) is 1.58. The second-order valence-electron chi connectivity index (χ2n) is 6.28. The number of anilines is 2. The van der Waals surface area contributed by atoms with Gasteiger partial charge in [-0.25, -0.2) is 0 Å². The Morgan fingerprint density at radius 3 is 2.65 bits per heavy atom. The van der Waals surface area contributed by atoms with Crippen LogP contribution in [0.1, 0.15) is 23.7 Å². The third-order valence-corrected chi connectivity index (χ3v) is 4.27. The Bertz CT molecular complexity index is 838. The summed E-state index contributed by atoms with van der Waals surface area (Å²) in [5, 5.41) is 2.82. The van der Waals surface area contributed by atoms with Gasteiger partial charge in [-0.1, -0.05) is 12.1 Å². The topological polar surface area (TPSA) is 82.6 Å². The van der Waals surface area contributed by atoms with Gasteiger partial charge in [0, 0.05) is 37.5 Å². The van der Waals surface area contributed by atoms with Gasteiger partial charge in [0.05, 0.1) is 11.4 Å². The number of para-hydroxylation sites is 2. The molecular formula is C19H20N4O3. The van der Waals surface area contributed by atoms with Crippen LogP contribution in [0.25, 0.3) is 0 Å². The molecule has 26 heavy (non-hydrogen) atoms. The molecule has 1 atom stereocenters. The van der Waals surface area contributed by atoms with E-state index in [1.165, 1.54) is 17.3 Å². The average molecular weight is 352 g/mol. The maximum Gasteiger partial charge on any atom is 0.254 e. The third kappa shape index (κ3) is 3.56. The summed E-state index contributed by atoms with van der Waals surface area (Å²) in [4.78, 5) is 44.3. The standard InChI is InChI=1S/C19H20N4O3/c1-13-11-17(24)21-15-5-3-4-6-16(15)23(13)18(25)12-22(2)19(26)14-7-9-20-10-8-14/h3-10,13H,11-12H2,1-2H3,(H,21,24)/t13-/m1/s1. The molecule has 1 aromatic carbocycles. The molecule has 0 bridgehead atoms. The zero-order chi connectivity index (χ0) is 18.7. The molecule has 7 heteroatoms. The van der Waals surface area contributed by atoms with E-state index in [0.717, 1.165) is 0 Å². The highest BCUT2D eigenvalue weighted by atomic mass is 16.2. The number of nitrogens with one attached hydrogen (secondary N) is 1. The number of pyridine rings is 1. The molecule has 1 aliphatic heterocycles. The first kappa shape index (κ1) is 17.6. The van der Waals surface area contributed by atoms with Crippen LogP contribution in [0.4, 0.5) is 11.4 Å². The van der Waals surface area contributed by atoms with Gasteiger partial charge in [0.15, 0.2) is 0 Å². The lowest BCUT2D eigenvalue weighted by Crippen LogP contribution is -2.45. The number of hydrogen-bond donors (Lipinski definition) is 1. The number of carbonyl (C=O) groups is 3. The van der Waals surface area contributed by atoms with Gasteiger partial charge in [0.25, 0.3) is 5.91 Å². The Balaban J connectivity index is 1.82. The minimum Gasteiger partial charge on any atom is -0.332 e. The van der Waals surface area contributed by atoms with E-state index in [4.69, 9.17) is 0 Å². The molecule has 3 amide bonds. The van der Waals surface area contributed by atoms with Crippen molar-refractivity contribution < 1.29 is 14.4 Å². The zero-order valence-electron chi connectivity index (χ0n) is 14.7. The lowest BCUT2D eigenvalue weighted by molar-refractivity contribution is -0.119. The van der Waals surface area contributed by atoms with Crippen LogP contribution in [0.15, 0.2) is 48.8 Å². The average Bonchev–Trinajstić information content (AvgIpc) is 2.75. The number of hydrogen-bond acceptors (Lipinski definition) is 4. The first-order chi connectivity index (χ1) is 12.5. The van der Waals surface area contributed by atoms with Crippen molar-refractivity contribution in [2.45, 2.75) is 19.4 Å². The van der Waals surface area contributed by atoms with E-state index in [2.05, 4.69) is 10.3 Å². The van der Waals surface area contributed by atoms with Crippen molar-refractivity contribution in [3.8, 4) is 0 Å². The van der Waals surface area contributed by atoms with Gasteiger partial charge >= 0.3 is 0 Å². The molecule has 1 aliphatic rings. The Morgan fingerprint density at radius 2 is 1.92 bits per heavy atom. The largest absolute Gasteiger partial charge is 0.332 e. The molecule has 2 aromatic rings. The molecule has 0 spiro atoms. The van der Waals surface area contributed by atoms with Crippen molar-refractivity contribution in [2.24, 2.45) is 0 Å². The van der Waals surface area contributed by atoms with Crippen molar-refractivity contribution in [3.05, 3.63) is 54.4 Å². The lowest BCUT2D eigenvalue weighted by Gasteiger charge is -2.29. The van der Waals surface area contributed by atoms with Gasteiger partial charge < -0.3 is 15.1 Å². The number of rotatable bonds is 3. The summed E-state index contributed by atoms with van der Waals surface area (Å²) in [6.45, 7) is 1.73. The Labute approximate surface area is 151 Å². The van der Waals surface area contributed by atoms with E-state index in [9.17, 15) is 14.4 Å². The summed E-state index contributed by atoms with van der Waals surface area (Å²) >= 11 is 0. The van der Waals surface area contributed by atoms with Crippen molar-refractivity contribution in [2.75, 3.05) is 23.8 Å². The molecule has 0 saturated carbocycles.